The lowest BCUT2D eigenvalue weighted by atomic mass is 10.4. The Morgan fingerprint density at radius 2 is 2.00 bits per heavy atom. The summed E-state index contributed by atoms with van der Waals surface area (Å²) >= 11 is 12.9. The second-order valence-electron chi connectivity index (χ2n) is 3.33. The maximum Gasteiger partial charge on any atom is 0.253 e. The summed E-state index contributed by atoms with van der Waals surface area (Å²) in [5.74, 6) is 5.64. The first kappa shape index (κ1) is 13.9. The first-order chi connectivity index (χ1) is 8.99. The highest BCUT2D eigenvalue weighted by Gasteiger charge is 2.11. The lowest BCUT2D eigenvalue weighted by Crippen LogP contribution is -2.11. The SMILES string of the molecule is NNc1nc(Sc2nc(N)cc(=O)[nH]2)c(Cl)cc1Cl. The first-order valence-electron chi connectivity index (χ1n) is 4.87. The third-order valence-corrected chi connectivity index (χ3v) is 3.55. The number of hydrogen-bond acceptors (Lipinski definition) is 7. The predicted octanol–water partition coefficient (Wildman–Crippen LogP) is 1.49. The number of anilines is 2. The van der Waals surface area contributed by atoms with Gasteiger partial charge in [-0.25, -0.2) is 15.8 Å². The molecule has 10 heteroatoms. The maximum absolute atomic E-state index is 11.3. The molecule has 0 spiro atoms. The summed E-state index contributed by atoms with van der Waals surface area (Å²) in [6.45, 7) is 0. The third-order valence-electron chi connectivity index (χ3n) is 1.97. The standard InChI is InChI=1S/C9H8Cl2N6OS/c10-3-1-4(11)8(16-7(3)17-13)19-9-14-5(12)2-6(18)15-9/h1-2H,13H2,(H,16,17)(H3,12,14,15,18). The van der Waals surface area contributed by atoms with Crippen LogP contribution in [0.15, 0.2) is 27.1 Å². The van der Waals surface area contributed by atoms with Gasteiger partial charge in [0.2, 0.25) is 0 Å². The van der Waals surface area contributed by atoms with E-state index < -0.39 is 0 Å². The van der Waals surface area contributed by atoms with Crippen molar-refractivity contribution in [2.45, 2.75) is 10.2 Å². The summed E-state index contributed by atoms with van der Waals surface area (Å²) < 4.78 is 0. The van der Waals surface area contributed by atoms with Crippen molar-refractivity contribution in [3.63, 3.8) is 0 Å². The number of aromatic amines is 1. The molecule has 2 rings (SSSR count). The van der Waals surface area contributed by atoms with Crippen molar-refractivity contribution in [2.75, 3.05) is 11.2 Å². The molecular weight excluding hydrogens is 311 g/mol. The molecule has 0 fully saturated rings. The molecule has 0 bridgehead atoms. The molecule has 6 N–H and O–H groups in total. The number of halogens is 2. The van der Waals surface area contributed by atoms with E-state index in [-0.39, 0.29) is 27.4 Å². The van der Waals surface area contributed by atoms with Crippen LogP contribution < -0.4 is 22.6 Å². The van der Waals surface area contributed by atoms with Crippen molar-refractivity contribution < 1.29 is 0 Å². The van der Waals surface area contributed by atoms with Crippen LogP contribution in [0.25, 0.3) is 0 Å². The highest BCUT2D eigenvalue weighted by atomic mass is 35.5. The van der Waals surface area contributed by atoms with Crippen LogP contribution in [0.2, 0.25) is 10.0 Å². The predicted molar refractivity (Wildman–Crippen MR) is 75.5 cm³/mol. The molecule has 0 aliphatic rings. The van der Waals surface area contributed by atoms with Gasteiger partial charge in [-0.15, -0.1) is 0 Å². The average Bonchev–Trinajstić information content (AvgIpc) is 2.31. The van der Waals surface area contributed by atoms with Gasteiger partial charge in [-0.2, -0.15) is 0 Å². The van der Waals surface area contributed by atoms with Crippen LogP contribution in [0.4, 0.5) is 11.6 Å². The van der Waals surface area contributed by atoms with Crippen LogP contribution in [0.3, 0.4) is 0 Å². The Balaban J connectivity index is 2.40. The third kappa shape index (κ3) is 3.29. The molecule has 0 unspecified atom stereocenters. The molecule has 19 heavy (non-hydrogen) atoms. The molecule has 0 aromatic carbocycles. The molecule has 0 atom stereocenters. The van der Waals surface area contributed by atoms with Crippen LogP contribution in [-0.2, 0) is 0 Å². The van der Waals surface area contributed by atoms with Gasteiger partial charge in [0, 0.05) is 6.07 Å². The minimum atomic E-state index is -0.364. The minimum absolute atomic E-state index is 0.105. The number of hydrazine groups is 1. The molecular formula is C9H8Cl2N6OS. The fourth-order valence-corrected chi connectivity index (χ4v) is 2.52. The van der Waals surface area contributed by atoms with E-state index in [1.807, 2.05) is 0 Å². The molecule has 0 saturated heterocycles. The van der Waals surface area contributed by atoms with E-state index in [1.54, 1.807) is 0 Å². The lowest BCUT2D eigenvalue weighted by Gasteiger charge is -2.07. The van der Waals surface area contributed by atoms with Gasteiger partial charge in [0.05, 0.1) is 10.0 Å². The van der Waals surface area contributed by atoms with Crippen LogP contribution in [0, 0.1) is 0 Å². The van der Waals surface area contributed by atoms with E-state index in [2.05, 4.69) is 20.4 Å². The zero-order valence-electron chi connectivity index (χ0n) is 9.28. The normalized spacial score (nSPS) is 10.5. The number of nitrogens with one attached hydrogen (secondary N) is 2. The van der Waals surface area contributed by atoms with Gasteiger partial charge >= 0.3 is 0 Å². The van der Waals surface area contributed by atoms with Crippen molar-refractivity contribution in [1.29, 1.82) is 0 Å². The number of aromatic nitrogens is 3. The van der Waals surface area contributed by atoms with E-state index in [9.17, 15) is 4.79 Å². The molecule has 0 amide bonds. The summed E-state index contributed by atoms with van der Waals surface area (Å²) in [5.41, 5.74) is 7.46. The summed E-state index contributed by atoms with van der Waals surface area (Å²) in [6.07, 6.45) is 0. The number of hydrogen-bond donors (Lipinski definition) is 4. The molecule has 0 aliphatic carbocycles. The number of rotatable bonds is 3. The average molecular weight is 319 g/mol. The number of nitrogen functional groups attached to an aromatic ring is 2. The van der Waals surface area contributed by atoms with Crippen molar-refractivity contribution in [3.8, 4) is 0 Å². The molecule has 0 radical (unpaired) electrons. The van der Waals surface area contributed by atoms with Crippen LogP contribution in [0.5, 0.6) is 0 Å². The second-order valence-corrected chi connectivity index (χ2v) is 5.12. The van der Waals surface area contributed by atoms with Crippen LogP contribution in [-0.4, -0.2) is 15.0 Å². The Morgan fingerprint density at radius 3 is 2.63 bits per heavy atom. The summed E-state index contributed by atoms with van der Waals surface area (Å²) in [4.78, 5) is 21.8. The Labute approximate surface area is 121 Å². The van der Waals surface area contributed by atoms with Crippen molar-refractivity contribution in [1.82, 2.24) is 15.0 Å². The van der Waals surface area contributed by atoms with Gasteiger partial charge in [0.1, 0.15) is 10.8 Å². The van der Waals surface area contributed by atoms with Gasteiger partial charge in [0.25, 0.3) is 5.56 Å². The fourth-order valence-electron chi connectivity index (χ4n) is 1.22. The monoisotopic (exact) mass is 318 g/mol. The van der Waals surface area contributed by atoms with Gasteiger partial charge in [-0.3, -0.25) is 4.79 Å². The molecule has 2 aromatic heterocycles. The van der Waals surface area contributed by atoms with E-state index >= 15 is 0 Å². The highest BCUT2D eigenvalue weighted by molar-refractivity contribution is 7.99. The quantitative estimate of drug-likeness (QED) is 0.384. The van der Waals surface area contributed by atoms with E-state index in [0.29, 0.717) is 10.0 Å². The highest BCUT2D eigenvalue weighted by Crippen LogP contribution is 2.33. The first-order valence-corrected chi connectivity index (χ1v) is 6.44. The van der Waals surface area contributed by atoms with E-state index in [1.165, 1.54) is 12.1 Å². The van der Waals surface area contributed by atoms with E-state index in [4.69, 9.17) is 34.8 Å². The maximum atomic E-state index is 11.3. The van der Waals surface area contributed by atoms with Crippen molar-refractivity contribution in [2.24, 2.45) is 5.84 Å². The van der Waals surface area contributed by atoms with Gasteiger partial charge in [-0.05, 0) is 17.8 Å². The Kier molecular flexibility index (Phi) is 4.15. The van der Waals surface area contributed by atoms with Crippen LogP contribution in [0.1, 0.15) is 0 Å². The topological polar surface area (TPSA) is 123 Å². The smallest absolute Gasteiger partial charge is 0.253 e. The molecule has 2 aromatic rings. The minimum Gasteiger partial charge on any atom is -0.383 e. The van der Waals surface area contributed by atoms with Crippen LogP contribution >= 0.6 is 35.0 Å². The molecule has 100 valence electrons. The summed E-state index contributed by atoms with van der Waals surface area (Å²) in [7, 11) is 0. The molecule has 2 heterocycles. The fraction of sp³-hybridized carbons (Fsp3) is 0. The summed E-state index contributed by atoms with van der Waals surface area (Å²) in [5, 5.41) is 1.24. The lowest BCUT2D eigenvalue weighted by molar-refractivity contribution is 0.940. The van der Waals surface area contributed by atoms with Gasteiger partial charge < -0.3 is 16.1 Å². The Bertz CT molecular complexity index is 676. The number of pyridine rings is 1. The second kappa shape index (κ2) is 5.66. The van der Waals surface area contributed by atoms with E-state index in [0.717, 1.165) is 11.8 Å². The molecule has 0 aliphatic heterocycles. The zero-order chi connectivity index (χ0) is 14.0. The number of H-pyrrole nitrogens is 1. The summed E-state index contributed by atoms with van der Waals surface area (Å²) in [6, 6.07) is 2.66. The molecule has 7 nitrogen and oxygen atoms in total. The Morgan fingerprint density at radius 1 is 1.26 bits per heavy atom. The van der Waals surface area contributed by atoms with Crippen molar-refractivity contribution >= 4 is 46.6 Å². The number of nitrogens with two attached hydrogens (primary N) is 2. The largest absolute Gasteiger partial charge is 0.383 e. The van der Waals surface area contributed by atoms with Gasteiger partial charge in [-0.1, -0.05) is 23.2 Å². The zero-order valence-corrected chi connectivity index (χ0v) is 11.6. The molecule has 0 saturated carbocycles. The Hall–Kier alpha value is -1.48. The van der Waals surface area contributed by atoms with Crippen molar-refractivity contribution in [3.05, 3.63) is 32.5 Å². The number of nitrogens with zero attached hydrogens (tertiary/aromatic N) is 2. The van der Waals surface area contributed by atoms with Gasteiger partial charge in [0.15, 0.2) is 11.0 Å².